The van der Waals surface area contributed by atoms with Crippen molar-refractivity contribution in [2.45, 2.75) is 110 Å². The molecule has 0 spiro atoms. The summed E-state index contributed by atoms with van der Waals surface area (Å²) in [5.74, 6) is 5.81. The second kappa shape index (κ2) is 13.0. The molecule has 4 fully saturated rings. The van der Waals surface area contributed by atoms with Crippen molar-refractivity contribution < 1.29 is 14.2 Å². The zero-order valence-corrected chi connectivity index (χ0v) is 24.3. The molecule has 4 saturated carbocycles. The molecule has 9 unspecified atom stereocenters. The molecule has 0 heterocycles. The molecule has 0 aromatic rings. The Bertz CT molecular complexity index is 709. The third-order valence-corrected chi connectivity index (χ3v) is 11.1. The Morgan fingerprint density at radius 3 is 2.30 bits per heavy atom. The van der Waals surface area contributed by atoms with E-state index in [2.05, 4.69) is 27.7 Å². The van der Waals surface area contributed by atoms with Crippen LogP contribution in [0.25, 0.3) is 0 Å². The van der Waals surface area contributed by atoms with E-state index in [0.29, 0.717) is 57.2 Å². The summed E-state index contributed by atoms with van der Waals surface area (Å²) in [6.45, 7) is 13.6. The van der Waals surface area contributed by atoms with E-state index >= 15 is 0 Å². The summed E-state index contributed by atoms with van der Waals surface area (Å²) in [4.78, 5) is 0. The predicted octanol–water partition coefficient (Wildman–Crippen LogP) is 4.64. The lowest BCUT2D eigenvalue weighted by Crippen LogP contribution is -2.62. The Morgan fingerprint density at radius 1 is 0.892 bits per heavy atom. The molecular formula is C31H57N3O3. The van der Waals surface area contributed by atoms with E-state index in [1.54, 1.807) is 11.8 Å². The van der Waals surface area contributed by atoms with Gasteiger partial charge in [0.15, 0.2) is 0 Å². The van der Waals surface area contributed by atoms with Gasteiger partial charge in [-0.2, -0.15) is 0 Å². The lowest BCUT2D eigenvalue weighted by molar-refractivity contribution is -0.151. The Kier molecular flexibility index (Phi) is 10.4. The van der Waals surface area contributed by atoms with Crippen LogP contribution >= 0.6 is 0 Å². The Balaban J connectivity index is 1.66. The summed E-state index contributed by atoms with van der Waals surface area (Å²) in [5.41, 5.74) is 18.0. The molecule has 2 radical (unpaired) electrons. The second-order valence-electron chi connectivity index (χ2n) is 13.1. The third-order valence-electron chi connectivity index (χ3n) is 11.1. The largest absolute Gasteiger partial charge is 0.377 e. The van der Waals surface area contributed by atoms with Crippen molar-refractivity contribution in [2.75, 3.05) is 39.5 Å². The first-order valence-corrected chi connectivity index (χ1v) is 15.5. The van der Waals surface area contributed by atoms with E-state index in [0.717, 1.165) is 31.6 Å². The van der Waals surface area contributed by atoms with E-state index in [1.807, 2.05) is 0 Å². The summed E-state index contributed by atoms with van der Waals surface area (Å²) >= 11 is 0. The van der Waals surface area contributed by atoms with Crippen LogP contribution in [0.4, 0.5) is 0 Å². The predicted molar refractivity (Wildman–Crippen MR) is 151 cm³/mol. The van der Waals surface area contributed by atoms with Crippen LogP contribution in [0.3, 0.4) is 0 Å². The van der Waals surface area contributed by atoms with Crippen LogP contribution in [-0.2, 0) is 14.2 Å². The smallest absolute Gasteiger partial charge is 0.0649 e. The van der Waals surface area contributed by atoms with Gasteiger partial charge in [-0.1, -0.05) is 47.0 Å². The van der Waals surface area contributed by atoms with E-state index in [1.165, 1.54) is 38.5 Å². The molecule has 0 amide bonds. The highest BCUT2D eigenvalue weighted by atomic mass is 16.5. The molecule has 4 aliphatic carbocycles. The van der Waals surface area contributed by atoms with Crippen LogP contribution in [0.15, 0.2) is 0 Å². The minimum Gasteiger partial charge on any atom is -0.377 e. The monoisotopic (exact) mass is 519 g/mol. The van der Waals surface area contributed by atoms with Gasteiger partial charge >= 0.3 is 0 Å². The zero-order valence-electron chi connectivity index (χ0n) is 24.3. The molecule has 6 heteroatoms. The van der Waals surface area contributed by atoms with Gasteiger partial charge in [0.2, 0.25) is 0 Å². The van der Waals surface area contributed by atoms with Gasteiger partial charge in [0, 0.05) is 31.0 Å². The second-order valence-corrected chi connectivity index (χ2v) is 13.1. The highest BCUT2D eigenvalue weighted by molar-refractivity contribution is 5.32. The van der Waals surface area contributed by atoms with Crippen LogP contribution in [0.2, 0.25) is 0 Å². The standard InChI is InChI=1S/C31H57N3O3/c1-5-6-7-21(2)24-8-9-25-29-26(20-28(31(24,25)4)37-17-14-34)30(3)11-10-23(35-15-12-32)18-22(30)19-27(29)36-16-13-33/h21,23-28H,5-20,32-34H2,1-4H3. The molecule has 9 atom stereocenters. The summed E-state index contributed by atoms with van der Waals surface area (Å²) in [6.07, 6.45) is 12.6. The van der Waals surface area contributed by atoms with Crippen LogP contribution in [0, 0.1) is 46.3 Å². The van der Waals surface area contributed by atoms with Crippen molar-refractivity contribution in [2.24, 2.45) is 51.7 Å². The van der Waals surface area contributed by atoms with Gasteiger partial charge in [0.25, 0.3) is 0 Å². The van der Waals surface area contributed by atoms with Gasteiger partial charge in [-0.3, -0.25) is 0 Å². The highest BCUT2D eigenvalue weighted by Gasteiger charge is 2.67. The zero-order chi connectivity index (χ0) is 26.6. The van der Waals surface area contributed by atoms with E-state index in [9.17, 15) is 0 Å². The summed E-state index contributed by atoms with van der Waals surface area (Å²) in [5, 5.41) is 0. The molecule has 6 nitrogen and oxygen atoms in total. The van der Waals surface area contributed by atoms with Gasteiger partial charge in [0.1, 0.15) is 0 Å². The number of unbranched alkanes of at least 4 members (excludes halogenated alkanes) is 1. The average Bonchev–Trinajstić information content (AvgIpc) is 3.26. The lowest BCUT2D eigenvalue weighted by atomic mass is 9.43. The summed E-state index contributed by atoms with van der Waals surface area (Å²) < 4.78 is 19.5. The molecule has 0 aliphatic heterocycles. The molecule has 0 bridgehead atoms. The number of hydrogen-bond donors (Lipinski definition) is 3. The lowest BCUT2D eigenvalue weighted by Gasteiger charge is -2.64. The topological polar surface area (TPSA) is 106 Å². The van der Waals surface area contributed by atoms with Gasteiger partial charge in [-0.25, -0.2) is 0 Å². The molecule has 0 saturated heterocycles. The first-order chi connectivity index (χ1) is 17.8. The van der Waals surface area contributed by atoms with Crippen molar-refractivity contribution >= 4 is 0 Å². The molecule has 0 aromatic heterocycles. The molecule has 214 valence electrons. The first kappa shape index (κ1) is 29.7. The first-order valence-electron chi connectivity index (χ1n) is 15.5. The molecule has 4 aliphatic rings. The van der Waals surface area contributed by atoms with Crippen molar-refractivity contribution in [1.29, 1.82) is 0 Å². The molecule has 4 rings (SSSR count). The minimum absolute atomic E-state index is 0.147. The van der Waals surface area contributed by atoms with E-state index < -0.39 is 0 Å². The van der Waals surface area contributed by atoms with Crippen LogP contribution in [0.5, 0.6) is 0 Å². The van der Waals surface area contributed by atoms with Crippen molar-refractivity contribution in [3.8, 4) is 0 Å². The third kappa shape index (κ3) is 5.67. The number of ether oxygens (including phenoxy) is 3. The van der Waals surface area contributed by atoms with Crippen molar-refractivity contribution in [1.82, 2.24) is 0 Å². The quantitative estimate of drug-likeness (QED) is 0.327. The Labute approximate surface area is 227 Å². The summed E-state index contributed by atoms with van der Waals surface area (Å²) in [7, 11) is 0. The highest BCUT2D eigenvalue weighted by Crippen LogP contribution is 2.70. The maximum atomic E-state index is 6.75. The van der Waals surface area contributed by atoms with E-state index in [4.69, 9.17) is 31.4 Å². The minimum atomic E-state index is 0.147. The fourth-order valence-electron chi connectivity index (χ4n) is 9.29. The fourth-order valence-corrected chi connectivity index (χ4v) is 9.29. The van der Waals surface area contributed by atoms with Crippen molar-refractivity contribution in [3.05, 3.63) is 11.8 Å². The van der Waals surface area contributed by atoms with Gasteiger partial charge < -0.3 is 31.4 Å². The maximum Gasteiger partial charge on any atom is 0.0649 e. The Hall–Kier alpha value is -0.240. The van der Waals surface area contributed by atoms with Crippen LogP contribution < -0.4 is 17.2 Å². The Morgan fingerprint density at radius 2 is 1.59 bits per heavy atom. The average molecular weight is 520 g/mol. The summed E-state index contributed by atoms with van der Waals surface area (Å²) in [6, 6.07) is 0. The SMILES string of the molecule is CCCCC(C)C1CCC2[C]3C(OCCN)C[C]4CC(OCCN)CCC4(C)C3CC(OCCN)C21C. The molecule has 37 heavy (non-hydrogen) atoms. The fraction of sp³-hybridized carbons (Fsp3) is 0.935. The molecule has 0 aromatic carbocycles. The van der Waals surface area contributed by atoms with Crippen molar-refractivity contribution in [3.63, 3.8) is 0 Å². The van der Waals surface area contributed by atoms with Gasteiger partial charge in [0.05, 0.1) is 38.1 Å². The maximum absolute atomic E-state index is 6.75. The number of fused-ring (bicyclic) bond motifs is 5. The molecular weight excluding hydrogens is 462 g/mol. The van der Waals surface area contributed by atoms with Crippen LogP contribution in [-0.4, -0.2) is 57.8 Å². The molecule has 6 N–H and O–H groups in total. The van der Waals surface area contributed by atoms with Crippen LogP contribution in [0.1, 0.15) is 91.9 Å². The number of hydrogen-bond acceptors (Lipinski definition) is 6. The normalized spacial score (nSPS) is 41.3. The number of rotatable bonds is 13. The van der Waals surface area contributed by atoms with E-state index in [-0.39, 0.29) is 29.1 Å². The van der Waals surface area contributed by atoms with Gasteiger partial charge in [-0.15, -0.1) is 0 Å². The van der Waals surface area contributed by atoms with Gasteiger partial charge in [-0.05, 0) is 80.0 Å². The number of nitrogens with two attached hydrogens (primary N) is 3.